The number of fused-ring (bicyclic) bond motifs is 1. The van der Waals surface area contributed by atoms with Crippen molar-refractivity contribution < 1.29 is 9.53 Å². The molecule has 1 amide bonds. The van der Waals surface area contributed by atoms with Crippen LogP contribution in [0.3, 0.4) is 0 Å². The van der Waals surface area contributed by atoms with E-state index in [1.165, 1.54) is 6.42 Å². The third-order valence-corrected chi connectivity index (χ3v) is 6.96. The van der Waals surface area contributed by atoms with Gasteiger partial charge in [-0.3, -0.25) is 4.79 Å². The summed E-state index contributed by atoms with van der Waals surface area (Å²) in [7, 11) is 0. The molecule has 5 nitrogen and oxygen atoms in total. The van der Waals surface area contributed by atoms with Crippen LogP contribution in [-0.2, 0) is 4.79 Å². The fourth-order valence-electron chi connectivity index (χ4n) is 4.74. The Labute approximate surface area is 171 Å². The summed E-state index contributed by atoms with van der Waals surface area (Å²) in [4.78, 5) is 22.4. The first-order valence-corrected chi connectivity index (χ1v) is 11.4. The zero-order chi connectivity index (χ0) is 19.7. The molecule has 3 heterocycles. The minimum atomic E-state index is 0.0947. The fraction of sp³-hybridized carbons (Fsp3) is 0.636. The summed E-state index contributed by atoms with van der Waals surface area (Å²) in [5.41, 5.74) is 1.01. The lowest BCUT2D eigenvalue weighted by Gasteiger charge is -2.39. The normalized spacial score (nSPS) is 25.9. The number of hydrogen-bond acceptors (Lipinski definition) is 5. The molecule has 2 saturated heterocycles. The van der Waals surface area contributed by atoms with E-state index in [4.69, 9.17) is 9.72 Å². The van der Waals surface area contributed by atoms with Gasteiger partial charge in [0.15, 0.2) is 5.13 Å². The molecule has 0 radical (unpaired) electrons. The maximum absolute atomic E-state index is 13.2. The van der Waals surface area contributed by atoms with Gasteiger partial charge in [0.25, 0.3) is 0 Å². The second-order valence-corrected chi connectivity index (χ2v) is 9.54. The quantitative estimate of drug-likeness (QED) is 0.761. The van der Waals surface area contributed by atoms with Gasteiger partial charge in [0.2, 0.25) is 5.91 Å². The molecule has 152 valence electrons. The topological polar surface area (TPSA) is 45.7 Å². The average molecular weight is 402 g/mol. The van der Waals surface area contributed by atoms with Crippen molar-refractivity contribution in [2.45, 2.75) is 40.0 Å². The van der Waals surface area contributed by atoms with Gasteiger partial charge in [0.05, 0.1) is 22.7 Å². The van der Waals surface area contributed by atoms with Crippen LogP contribution in [0.4, 0.5) is 5.13 Å². The van der Waals surface area contributed by atoms with E-state index in [0.29, 0.717) is 24.3 Å². The SMILES string of the molecule is CCOc1ccc2nc(N3CCC[C@H](C(=O)N4C[C@@H](C)C[C@H](C)C4)C3)sc2c1. The molecule has 1 aromatic heterocycles. The second-order valence-electron chi connectivity index (χ2n) is 8.53. The molecule has 0 saturated carbocycles. The highest BCUT2D eigenvalue weighted by atomic mass is 32.1. The second kappa shape index (κ2) is 8.27. The lowest BCUT2D eigenvalue weighted by Crippen LogP contribution is -2.49. The third-order valence-electron chi connectivity index (χ3n) is 5.88. The molecule has 1 aromatic carbocycles. The molecule has 4 rings (SSSR count). The standard InChI is InChI=1S/C22H31N3O2S/c1-4-27-18-7-8-19-20(11-18)28-22(23-19)24-9-5-6-17(14-24)21(26)25-12-15(2)10-16(3)13-25/h7-8,11,15-17H,4-6,9-10,12-14H2,1-3H3/t15-,16-,17-/m0/s1. The molecule has 2 aliphatic heterocycles. The molecule has 2 fully saturated rings. The monoisotopic (exact) mass is 401 g/mol. The first-order chi connectivity index (χ1) is 13.5. The molecule has 0 spiro atoms. The summed E-state index contributed by atoms with van der Waals surface area (Å²) < 4.78 is 6.76. The highest BCUT2D eigenvalue weighted by Crippen LogP contribution is 2.34. The maximum Gasteiger partial charge on any atom is 0.227 e. The molecule has 0 bridgehead atoms. The number of thiazole rings is 1. The van der Waals surface area contributed by atoms with Crippen molar-refractivity contribution in [3.8, 4) is 5.75 Å². The van der Waals surface area contributed by atoms with E-state index in [2.05, 4.69) is 29.7 Å². The Bertz CT molecular complexity index is 826. The van der Waals surface area contributed by atoms with E-state index < -0.39 is 0 Å². The number of likely N-dealkylation sites (tertiary alicyclic amines) is 1. The van der Waals surface area contributed by atoms with Gasteiger partial charge in [0.1, 0.15) is 5.75 Å². The first kappa shape index (κ1) is 19.5. The molecule has 0 aliphatic carbocycles. The van der Waals surface area contributed by atoms with Gasteiger partial charge in [0, 0.05) is 26.2 Å². The van der Waals surface area contributed by atoms with Crippen LogP contribution in [0.15, 0.2) is 18.2 Å². The van der Waals surface area contributed by atoms with Crippen LogP contribution in [0.2, 0.25) is 0 Å². The van der Waals surface area contributed by atoms with Gasteiger partial charge in [-0.2, -0.15) is 0 Å². The van der Waals surface area contributed by atoms with Crippen molar-refractivity contribution in [2.24, 2.45) is 17.8 Å². The van der Waals surface area contributed by atoms with E-state index in [9.17, 15) is 4.79 Å². The molecule has 2 aliphatic rings. The van der Waals surface area contributed by atoms with E-state index in [0.717, 1.165) is 60.1 Å². The van der Waals surface area contributed by atoms with Crippen LogP contribution in [0, 0.1) is 17.8 Å². The van der Waals surface area contributed by atoms with Gasteiger partial charge in [-0.05, 0) is 56.2 Å². The van der Waals surface area contributed by atoms with Gasteiger partial charge in [-0.15, -0.1) is 0 Å². The molecular formula is C22H31N3O2S. The van der Waals surface area contributed by atoms with Crippen molar-refractivity contribution >= 4 is 32.6 Å². The van der Waals surface area contributed by atoms with Gasteiger partial charge in [-0.25, -0.2) is 4.98 Å². The number of amides is 1. The van der Waals surface area contributed by atoms with Gasteiger partial charge in [-0.1, -0.05) is 25.2 Å². The zero-order valence-electron chi connectivity index (χ0n) is 17.2. The van der Waals surface area contributed by atoms with E-state index in [1.54, 1.807) is 11.3 Å². The molecule has 2 aromatic rings. The van der Waals surface area contributed by atoms with Gasteiger partial charge >= 0.3 is 0 Å². The summed E-state index contributed by atoms with van der Waals surface area (Å²) in [6.45, 7) is 10.8. The highest BCUT2D eigenvalue weighted by molar-refractivity contribution is 7.22. The van der Waals surface area contributed by atoms with Crippen LogP contribution in [-0.4, -0.2) is 48.6 Å². The number of carbonyl (C=O) groups is 1. The maximum atomic E-state index is 13.2. The van der Waals surface area contributed by atoms with E-state index in [-0.39, 0.29) is 5.92 Å². The number of nitrogens with zero attached hydrogens (tertiary/aromatic N) is 3. The van der Waals surface area contributed by atoms with Crippen molar-refractivity contribution in [3.63, 3.8) is 0 Å². The fourth-order valence-corrected chi connectivity index (χ4v) is 5.77. The number of ether oxygens (including phenoxy) is 1. The van der Waals surface area contributed by atoms with Crippen molar-refractivity contribution in [1.29, 1.82) is 0 Å². The van der Waals surface area contributed by atoms with Crippen LogP contribution in [0.5, 0.6) is 5.75 Å². The third kappa shape index (κ3) is 4.12. The van der Waals surface area contributed by atoms with Crippen molar-refractivity contribution in [1.82, 2.24) is 9.88 Å². The van der Waals surface area contributed by atoms with Crippen LogP contribution in [0.25, 0.3) is 10.2 Å². The largest absolute Gasteiger partial charge is 0.494 e. The lowest BCUT2D eigenvalue weighted by molar-refractivity contribution is -0.138. The summed E-state index contributed by atoms with van der Waals surface area (Å²) in [5, 5.41) is 1.03. The minimum absolute atomic E-state index is 0.0947. The van der Waals surface area contributed by atoms with Crippen molar-refractivity contribution in [3.05, 3.63) is 18.2 Å². The summed E-state index contributed by atoms with van der Waals surface area (Å²) in [5.74, 6) is 2.55. The molecule has 0 unspecified atom stereocenters. The van der Waals surface area contributed by atoms with Crippen molar-refractivity contribution in [2.75, 3.05) is 37.7 Å². The van der Waals surface area contributed by atoms with E-state index in [1.807, 2.05) is 19.1 Å². The Morgan fingerprint density at radius 1 is 1.25 bits per heavy atom. The average Bonchev–Trinajstić information content (AvgIpc) is 3.10. The summed E-state index contributed by atoms with van der Waals surface area (Å²) in [6.07, 6.45) is 3.28. The number of piperidine rings is 2. The molecule has 3 atom stereocenters. The first-order valence-electron chi connectivity index (χ1n) is 10.6. The number of benzene rings is 1. The Kier molecular flexibility index (Phi) is 5.76. The zero-order valence-corrected chi connectivity index (χ0v) is 18.0. The minimum Gasteiger partial charge on any atom is -0.494 e. The van der Waals surface area contributed by atoms with Crippen LogP contribution in [0.1, 0.15) is 40.0 Å². The molecule has 28 heavy (non-hydrogen) atoms. The lowest BCUT2D eigenvalue weighted by atomic mass is 9.89. The van der Waals surface area contributed by atoms with E-state index >= 15 is 0 Å². The molecule has 6 heteroatoms. The Morgan fingerprint density at radius 3 is 2.79 bits per heavy atom. The number of anilines is 1. The number of aromatic nitrogens is 1. The van der Waals surface area contributed by atoms with Crippen LogP contribution >= 0.6 is 11.3 Å². The Morgan fingerprint density at radius 2 is 2.04 bits per heavy atom. The Balaban J connectivity index is 1.47. The molecule has 0 N–H and O–H groups in total. The summed E-state index contributed by atoms with van der Waals surface area (Å²) >= 11 is 1.70. The number of carbonyl (C=O) groups excluding carboxylic acids is 1. The predicted octanol–water partition coefficient (Wildman–Crippen LogP) is 4.42. The number of hydrogen-bond donors (Lipinski definition) is 0. The number of rotatable bonds is 4. The smallest absolute Gasteiger partial charge is 0.227 e. The summed E-state index contributed by atoms with van der Waals surface area (Å²) in [6, 6.07) is 6.09. The van der Waals surface area contributed by atoms with Gasteiger partial charge < -0.3 is 14.5 Å². The molecular weight excluding hydrogens is 370 g/mol. The highest BCUT2D eigenvalue weighted by Gasteiger charge is 2.33. The predicted molar refractivity (Wildman–Crippen MR) is 115 cm³/mol. The Hall–Kier alpha value is -1.82. The van der Waals surface area contributed by atoms with Crippen LogP contribution < -0.4 is 9.64 Å².